The Hall–Kier alpha value is -0.630. The van der Waals surface area contributed by atoms with Gasteiger partial charge < -0.3 is 0 Å². The molecule has 1 aliphatic rings. The Labute approximate surface area is 124 Å². The number of rotatable bonds is 3. The van der Waals surface area contributed by atoms with Crippen LogP contribution in [0.1, 0.15) is 20.3 Å². The zero-order valence-electron chi connectivity index (χ0n) is 11.2. The molecule has 0 atom stereocenters. The van der Waals surface area contributed by atoms with Gasteiger partial charge in [0.2, 0.25) is 10.0 Å². The van der Waals surface area contributed by atoms with E-state index in [1.165, 1.54) is 28.6 Å². The van der Waals surface area contributed by atoms with Gasteiger partial charge in [0.05, 0.1) is 9.79 Å². The Kier molecular flexibility index (Phi) is 3.92. The van der Waals surface area contributed by atoms with Gasteiger partial charge in [-0.15, -0.1) is 0 Å². The van der Waals surface area contributed by atoms with Gasteiger partial charge in [-0.1, -0.05) is 13.8 Å². The maximum Gasteiger partial charge on any atom is 0.261 e. The number of sulfonamides is 1. The van der Waals surface area contributed by atoms with Crippen molar-refractivity contribution in [3.63, 3.8) is 0 Å². The summed E-state index contributed by atoms with van der Waals surface area (Å²) in [7, 11) is -2.21. The minimum absolute atomic E-state index is 0.0352. The van der Waals surface area contributed by atoms with E-state index in [4.69, 9.17) is 10.7 Å². The zero-order chi connectivity index (χ0) is 15.2. The fourth-order valence-corrected chi connectivity index (χ4v) is 4.59. The summed E-state index contributed by atoms with van der Waals surface area (Å²) < 4.78 is 48.6. The molecule has 1 aromatic rings. The predicted octanol–water partition coefficient (Wildman–Crippen LogP) is 2.03. The molecule has 20 heavy (non-hydrogen) atoms. The largest absolute Gasteiger partial charge is 0.261 e. The molecule has 0 N–H and O–H groups in total. The standard InChI is InChI=1S/C12H16ClNO4S2/c1-12(2)7-8-14(9-12)20(17,18)11-5-3-10(4-6-11)19(13,15)16/h3-6H,7-9H2,1-2H3. The highest BCUT2D eigenvalue weighted by Crippen LogP contribution is 2.32. The molecule has 0 bridgehead atoms. The molecular weight excluding hydrogens is 322 g/mol. The number of hydrogen-bond acceptors (Lipinski definition) is 4. The zero-order valence-corrected chi connectivity index (χ0v) is 13.6. The van der Waals surface area contributed by atoms with Crippen LogP contribution in [0.25, 0.3) is 0 Å². The molecular formula is C12H16ClNO4S2. The van der Waals surface area contributed by atoms with E-state index in [2.05, 4.69) is 0 Å². The third kappa shape index (κ3) is 3.16. The molecule has 0 unspecified atom stereocenters. The molecule has 0 aromatic heterocycles. The monoisotopic (exact) mass is 337 g/mol. The predicted molar refractivity (Wildman–Crippen MR) is 76.6 cm³/mol. The summed E-state index contributed by atoms with van der Waals surface area (Å²) in [4.78, 5) is -0.0286. The van der Waals surface area contributed by atoms with Gasteiger partial charge in [0.25, 0.3) is 9.05 Å². The SMILES string of the molecule is CC1(C)CCN(S(=O)(=O)c2ccc(S(=O)(=O)Cl)cc2)C1. The summed E-state index contributed by atoms with van der Waals surface area (Å²) in [5.41, 5.74) is -0.0352. The van der Waals surface area contributed by atoms with Crippen molar-refractivity contribution in [3.8, 4) is 0 Å². The maximum atomic E-state index is 12.4. The highest BCUT2D eigenvalue weighted by Gasteiger charge is 2.36. The second-order valence-corrected chi connectivity index (χ2v) is 10.2. The van der Waals surface area contributed by atoms with Crippen molar-refractivity contribution in [3.05, 3.63) is 24.3 Å². The summed E-state index contributed by atoms with van der Waals surface area (Å²) in [5.74, 6) is 0. The highest BCUT2D eigenvalue weighted by atomic mass is 35.7. The van der Waals surface area contributed by atoms with Gasteiger partial charge in [0.15, 0.2) is 0 Å². The quantitative estimate of drug-likeness (QED) is 0.791. The smallest absolute Gasteiger partial charge is 0.207 e. The third-order valence-corrected chi connectivity index (χ3v) is 6.61. The van der Waals surface area contributed by atoms with Crippen LogP contribution in [0.2, 0.25) is 0 Å². The first kappa shape index (κ1) is 15.8. The summed E-state index contributed by atoms with van der Waals surface area (Å²) in [6, 6.07) is 4.96. The Morgan fingerprint density at radius 2 is 1.55 bits per heavy atom. The van der Waals surface area contributed by atoms with Crippen LogP contribution in [0.15, 0.2) is 34.1 Å². The maximum absolute atomic E-state index is 12.4. The molecule has 0 radical (unpaired) electrons. The van der Waals surface area contributed by atoms with Crippen molar-refractivity contribution < 1.29 is 16.8 Å². The number of hydrogen-bond donors (Lipinski definition) is 0. The third-order valence-electron chi connectivity index (χ3n) is 3.39. The Balaban J connectivity index is 2.32. The van der Waals surface area contributed by atoms with Crippen LogP contribution in [0, 0.1) is 5.41 Å². The number of benzene rings is 1. The molecule has 2 rings (SSSR count). The van der Waals surface area contributed by atoms with E-state index in [-0.39, 0.29) is 15.2 Å². The van der Waals surface area contributed by atoms with E-state index in [0.717, 1.165) is 6.42 Å². The molecule has 1 aromatic carbocycles. The Morgan fingerprint density at radius 1 is 1.05 bits per heavy atom. The molecule has 112 valence electrons. The molecule has 1 heterocycles. The van der Waals surface area contributed by atoms with Gasteiger partial charge >= 0.3 is 0 Å². The first-order valence-corrected chi connectivity index (χ1v) is 9.82. The molecule has 5 nitrogen and oxygen atoms in total. The first-order valence-electron chi connectivity index (χ1n) is 6.07. The van der Waals surface area contributed by atoms with Gasteiger partial charge in [-0.25, -0.2) is 16.8 Å². The van der Waals surface area contributed by atoms with E-state index in [1.54, 1.807) is 0 Å². The number of nitrogens with zero attached hydrogens (tertiary/aromatic N) is 1. The summed E-state index contributed by atoms with van der Waals surface area (Å²) >= 11 is 0. The number of halogens is 1. The van der Waals surface area contributed by atoms with Crippen LogP contribution in [-0.2, 0) is 19.1 Å². The fraction of sp³-hybridized carbons (Fsp3) is 0.500. The lowest BCUT2D eigenvalue weighted by Gasteiger charge is -2.19. The Bertz CT molecular complexity index is 708. The van der Waals surface area contributed by atoms with E-state index in [9.17, 15) is 16.8 Å². The summed E-state index contributed by atoms with van der Waals surface area (Å²) in [6.45, 7) is 4.98. The second-order valence-electron chi connectivity index (χ2n) is 5.66. The molecule has 0 saturated carbocycles. The van der Waals surface area contributed by atoms with Gasteiger partial charge in [0.1, 0.15) is 0 Å². The molecule has 1 saturated heterocycles. The van der Waals surface area contributed by atoms with Crippen molar-refractivity contribution in [1.82, 2.24) is 4.31 Å². The van der Waals surface area contributed by atoms with Crippen molar-refractivity contribution in [2.75, 3.05) is 13.1 Å². The summed E-state index contributed by atoms with van der Waals surface area (Å²) in [5, 5.41) is 0. The fourth-order valence-electron chi connectivity index (χ4n) is 2.19. The first-order chi connectivity index (χ1) is 9.02. The lowest BCUT2D eigenvalue weighted by molar-refractivity contribution is 0.375. The van der Waals surface area contributed by atoms with Crippen LogP contribution in [0.4, 0.5) is 0 Å². The molecule has 0 spiro atoms. The normalized spacial score (nSPS) is 20.1. The Morgan fingerprint density at radius 3 is 1.95 bits per heavy atom. The van der Waals surface area contributed by atoms with E-state index in [1.807, 2.05) is 13.8 Å². The van der Waals surface area contributed by atoms with E-state index < -0.39 is 19.1 Å². The van der Waals surface area contributed by atoms with Crippen molar-refractivity contribution in [1.29, 1.82) is 0 Å². The van der Waals surface area contributed by atoms with Crippen LogP contribution in [0.3, 0.4) is 0 Å². The second kappa shape index (κ2) is 4.98. The van der Waals surface area contributed by atoms with Crippen LogP contribution in [-0.4, -0.2) is 34.2 Å². The van der Waals surface area contributed by atoms with Crippen LogP contribution >= 0.6 is 10.7 Å². The van der Waals surface area contributed by atoms with E-state index in [0.29, 0.717) is 13.1 Å². The lowest BCUT2D eigenvalue weighted by atomic mass is 9.93. The highest BCUT2D eigenvalue weighted by molar-refractivity contribution is 8.13. The molecule has 1 fully saturated rings. The topological polar surface area (TPSA) is 71.5 Å². The average Bonchev–Trinajstić information content (AvgIpc) is 2.69. The van der Waals surface area contributed by atoms with Crippen molar-refractivity contribution in [2.24, 2.45) is 5.41 Å². The average molecular weight is 338 g/mol. The van der Waals surface area contributed by atoms with Crippen LogP contribution in [0.5, 0.6) is 0 Å². The lowest BCUT2D eigenvalue weighted by Crippen LogP contribution is -2.30. The van der Waals surface area contributed by atoms with E-state index >= 15 is 0 Å². The van der Waals surface area contributed by atoms with Gasteiger partial charge in [0, 0.05) is 23.8 Å². The molecule has 8 heteroatoms. The van der Waals surface area contributed by atoms with Gasteiger partial charge in [-0.3, -0.25) is 0 Å². The molecule has 1 aliphatic heterocycles. The van der Waals surface area contributed by atoms with Gasteiger partial charge in [-0.05, 0) is 36.1 Å². The van der Waals surface area contributed by atoms with Gasteiger partial charge in [-0.2, -0.15) is 4.31 Å². The van der Waals surface area contributed by atoms with Crippen LogP contribution < -0.4 is 0 Å². The molecule has 0 amide bonds. The summed E-state index contributed by atoms with van der Waals surface area (Å²) in [6.07, 6.45) is 0.806. The van der Waals surface area contributed by atoms with Crippen molar-refractivity contribution >= 4 is 29.8 Å². The molecule has 0 aliphatic carbocycles. The minimum atomic E-state index is -3.84. The van der Waals surface area contributed by atoms with Crippen molar-refractivity contribution in [2.45, 2.75) is 30.1 Å². The minimum Gasteiger partial charge on any atom is -0.207 e.